The van der Waals surface area contributed by atoms with Crippen LogP contribution in [0.2, 0.25) is 0 Å². The van der Waals surface area contributed by atoms with E-state index in [-0.39, 0.29) is 5.25 Å². The van der Waals surface area contributed by atoms with Crippen LogP contribution in [0.1, 0.15) is 26.2 Å². The molecule has 0 amide bonds. The second-order valence-electron chi connectivity index (χ2n) is 5.25. The van der Waals surface area contributed by atoms with Gasteiger partial charge in [0.05, 0.1) is 5.25 Å². The Labute approximate surface area is 111 Å². The van der Waals surface area contributed by atoms with Gasteiger partial charge >= 0.3 is 0 Å². The summed E-state index contributed by atoms with van der Waals surface area (Å²) in [4.78, 5) is 2.35. The highest BCUT2D eigenvalue weighted by Crippen LogP contribution is 2.18. The maximum atomic E-state index is 12.5. The molecule has 0 aliphatic carbocycles. The minimum atomic E-state index is -3.08. The molecule has 0 aromatic carbocycles. The molecule has 2 aliphatic heterocycles. The average molecular weight is 275 g/mol. The molecule has 5 nitrogen and oxygen atoms in total. The first-order chi connectivity index (χ1) is 8.64. The summed E-state index contributed by atoms with van der Waals surface area (Å²) in [7, 11) is -3.08. The molecule has 106 valence electrons. The summed E-state index contributed by atoms with van der Waals surface area (Å²) < 4.78 is 26.7. The highest BCUT2D eigenvalue weighted by molar-refractivity contribution is 7.89. The number of hydrogen-bond donors (Lipinski definition) is 1. The van der Waals surface area contributed by atoms with Crippen LogP contribution in [-0.2, 0) is 10.0 Å². The van der Waals surface area contributed by atoms with E-state index in [2.05, 4.69) is 17.1 Å². The van der Waals surface area contributed by atoms with E-state index in [1.807, 2.05) is 0 Å². The minimum Gasteiger partial charge on any atom is -0.315 e. The number of rotatable bonds is 4. The van der Waals surface area contributed by atoms with E-state index in [9.17, 15) is 8.42 Å². The molecule has 2 rings (SSSR count). The van der Waals surface area contributed by atoms with Gasteiger partial charge in [0, 0.05) is 32.7 Å². The number of piperazine rings is 1. The van der Waals surface area contributed by atoms with Gasteiger partial charge in [-0.3, -0.25) is 0 Å². The van der Waals surface area contributed by atoms with Crippen LogP contribution < -0.4 is 5.32 Å². The Morgan fingerprint density at radius 3 is 2.50 bits per heavy atom. The smallest absolute Gasteiger partial charge is 0.218 e. The molecule has 2 fully saturated rings. The van der Waals surface area contributed by atoms with Gasteiger partial charge in [-0.2, -0.15) is 4.31 Å². The van der Waals surface area contributed by atoms with Crippen LogP contribution in [-0.4, -0.2) is 68.7 Å². The van der Waals surface area contributed by atoms with E-state index in [0.717, 1.165) is 45.4 Å². The largest absolute Gasteiger partial charge is 0.315 e. The maximum absolute atomic E-state index is 12.5. The van der Waals surface area contributed by atoms with Gasteiger partial charge in [-0.1, -0.05) is 6.92 Å². The molecule has 0 aromatic heterocycles. The van der Waals surface area contributed by atoms with E-state index in [1.54, 1.807) is 4.31 Å². The molecule has 1 unspecified atom stereocenters. The second kappa shape index (κ2) is 6.32. The van der Waals surface area contributed by atoms with Crippen molar-refractivity contribution in [3.63, 3.8) is 0 Å². The van der Waals surface area contributed by atoms with Crippen molar-refractivity contribution in [2.75, 3.05) is 45.8 Å². The van der Waals surface area contributed by atoms with Crippen LogP contribution in [0.25, 0.3) is 0 Å². The second-order valence-corrected chi connectivity index (χ2v) is 7.47. The summed E-state index contributed by atoms with van der Waals surface area (Å²) in [6.07, 6.45) is 2.92. The molecule has 0 spiro atoms. The summed E-state index contributed by atoms with van der Waals surface area (Å²) in [6, 6.07) is 0. The topological polar surface area (TPSA) is 52.7 Å². The van der Waals surface area contributed by atoms with E-state index >= 15 is 0 Å². The lowest BCUT2D eigenvalue weighted by atomic mass is 10.2. The summed E-state index contributed by atoms with van der Waals surface area (Å²) in [5.41, 5.74) is 0. The lowest BCUT2D eigenvalue weighted by Gasteiger charge is -2.36. The molecule has 1 N–H and O–H groups in total. The number of piperidine rings is 1. The Morgan fingerprint density at radius 2 is 1.94 bits per heavy atom. The van der Waals surface area contributed by atoms with Gasteiger partial charge in [-0.15, -0.1) is 0 Å². The van der Waals surface area contributed by atoms with Crippen molar-refractivity contribution in [2.45, 2.75) is 31.4 Å². The summed E-state index contributed by atoms with van der Waals surface area (Å²) in [6.45, 7) is 7.92. The summed E-state index contributed by atoms with van der Waals surface area (Å²) >= 11 is 0. The minimum absolute atomic E-state index is 0.205. The van der Waals surface area contributed by atoms with Crippen LogP contribution in [0.4, 0.5) is 0 Å². The normalized spacial score (nSPS) is 28.4. The first-order valence-electron chi connectivity index (χ1n) is 7.06. The summed E-state index contributed by atoms with van der Waals surface area (Å²) in [5.74, 6) is 0. The molecule has 0 aromatic rings. The molecule has 0 saturated carbocycles. The standard InChI is InChI=1S/C12H25N3O2S/c1-2-6-14-7-9-15(10-8-14)18(16,17)12-4-3-5-13-11-12/h12-13H,2-11H2,1H3. The molecule has 0 radical (unpaired) electrons. The van der Waals surface area contributed by atoms with Gasteiger partial charge in [-0.05, 0) is 32.4 Å². The van der Waals surface area contributed by atoms with Crippen molar-refractivity contribution in [3.8, 4) is 0 Å². The zero-order valence-corrected chi connectivity index (χ0v) is 12.1. The Bertz CT molecular complexity index is 344. The van der Waals surface area contributed by atoms with Crippen LogP contribution in [0, 0.1) is 0 Å². The molecule has 0 bridgehead atoms. The van der Waals surface area contributed by atoms with Crippen molar-refractivity contribution in [3.05, 3.63) is 0 Å². The maximum Gasteiger partial charge on any atom is 0.218 e. The fraction of sp³-hybridized carbons (Fsp3) is 1.00. The highest BCUT2D eigenvalue weighted by Gasteiger charge is 2.34. The summed E-state index contributed by atoms with van der Waals surface area (Å²) in [5, 5.41) is 2.99. The van der Waals surface area contributed by atoms with E-state index < -0.39 is 10.0 Å². The van der Waals surface area contributed by atoms with Gasteiger partial charge in [0.1, 0.15) is 0 Å². The lowest BCUT2D eigenvalue weighted by Crippen LogP contribution is -2.53. The zero-order chi connectivity index (χ0) is 13.0. The van der Waals surface area contributed by atoms with Gasteiger partial charge in [0.15, 0.2) is 0 Å². The lowest BCUT2D eigenvalue weighted by molar-refractivity contribution is 0.187. The molecule has 2 heterocycles. The Kier molecular flexibility index (Phi) is 5.00. The van der Waals surface area contributed by atoms with Crippen LogP contribution in [0.5, 0.6) is 0 Å². The van der Waals surface area contributed by atoms with Crippen molar-refractivity contribution in [1.29, 1.82) is 0 Å². The highest BCUT2D eigenvalue weighted by atomic mass is 32.2. The van der Waals surface area contributed by atoms with Crippen LogP contribution in [0.3, 0.4) is 0 Å². The van der Waals surface area contributed by atoms with Crippen molar-refractivity contribution < 1.29 is 8.42 Å². The third kappa shape index (κ3) is 3.23. The molecule has 6 heteroatoms. The Hall–Kier alpha value is -0.170. The number of sulfonamides is 1. The SMILES string of the molecule is CCCN1CCN(S(=O)(=O)C2CCCNC2)CC1. The van der Waals surface area contributed by atoms with Gasteiger partial charge in [-0.25, -0.2) is 8.42 Å². The predicted octanol–water partition coefficient (Wildman–Crippen LogP) is 0.0958. The van der Waals surface area contributed by atoms with Gasteiger partial charge < -0.3 is 10.2 Å². The van der Waals surface area contributed by atoms with E-state index in [4.69, 9.17) is 0 Å². The van der Waals surface area contributed by atoms with Crippen LogP contribution in [0.15, 0.2) is 0 Å². The number of nitrogens with zero attached hydrogens (tertiary/aromatic N) is 2. The van der Waals surface area contributed by atoms with E-state index in [0.29, 0.717) is 19.6 Å². The first kappa shape index (κ1) is 14.2. The van der Waals surface area contributed by atoms with E-state index in [1.165, 1.54) is 0 Å². The zero-order valence-electron chi connectivity index (χ0n) is 11.3. The predicted molar refractivity (Wildman–Crippen MR) is 73.1 cm³/mol. The quantitative estimate of drug-likeness (QED) is 0.790. The molecule has 2 aliphatic rings. The monoisotopic (exact) mass is 275 g/mol. The average Bonchev–Trinajstić information content (AvgIpc) is 2.41. The third-order valence-corrected chi connectivity index (χ3v) is 6.23. The molecule has 2 saturated heterocycles. The van der Waals surface area contributed by atoms with Gasteiger partial charge in [0.25, 0.3) is 0 Å². The molecular weight excluding hydrogens is 250 g/mol. The fourth-order valence-corrected chi connectivity index (χ4v) is 4.70. The molecule has 18 heavy (non-hydrogen) atoms. The van der Waals surface area contributed by atoms with Gasteiger partial charge in [0.2, 0.25) is 10.0 Å². The fourth-order valence-electron chi connectivity index (χ4n) is 2.81. The van der Waals surface area contributed by atoms with Crippen molar-refractivity contribution in [1.82, 2.24) is 14.5 Å². The Morgan fingerprint density at radius 1 is 1.22 bits per heavy atom. The Balaban J connectivity index is 1.91. The number of nitrogens with one attached hydrogen (secondary N) is 1. The first-order valence-corrected chi connectivity index (χ1v) is 8.57. The van der Waals surface area contributed by atoms with Crippen molar-refractivity contribution >= 4 is 10.0 Å². The third-order valence-electron chi connectivity index (χ3n) is 3.90. The van der Waals surface area contributed by atoms with Crippen LogP contribution >= 0.6 is 0 Å². The van der Waals surface area contributed by atoms with Crippen molar-refractivity contribution in [2.24, 2.45) is 0 Å². The molecular formula is C12H25N3O2S. The molecule has 1 atom stereocenters. The number of hydrogen-bond acceptors (Lipinski definition) is 4.